The molecule has 2 aromatic rings. The summed E-state index contributed by atoms with van der Waals surface area (Å²) in [6, 6.07) is 6.15. The molecule has 0 aliphatic carbocycles. The van der Waals surface area contributed by atoms with Crippen LogP contribution in [0.2, 0.25) is 0 Å². The molecule has 1 atom stereocenters. The molecule has 8 heteroatoms. The zero-order chi connectivity index (χ0) is 21.4. The summed E-state index contributed by atoms with van der Waals surface area (Å²) in [5.41, 5.74) is 3.87. The maximum atomic E-state index is 12.8. The van der Waals surface area contributed by atoms with Crippen LogP contribution in [0, 0.1) is 5.41 Å². The van der Waals surface area contributed by atoms with Gasteiger partial charge in [0.25, 0.3) is 5.56 Å². The molecule has 0 amide bonds. The van der Waals surface area contributed by atoms with Crippen molar-refractivity contribution in [2.75, 3.05) is 31.6 Å². The van der Waals surface area contributed by atoms with Crippen LogP contribution >= 0.6 is 0 Å². The van der Waals surface area contributed by atoms with E-state index in [1.54, 1.807) is 12.3 Å². The summed E-state index contributed by atoms with van der Waals surface area (Å²) in [6.07, 6.45) is 3.41. The number of nitrogens with zero attached hydrogens (tertiary/aromatic N) is 4. The highest BCUT2D eigenvalue weighted by Gasteiger charge is 2.22. The number of piperazine rings is 1. The van der Waals surface area contributed by atoms with Crippen molar-refractivity contribution in [3.63, 3.8) is 0 Å². The van der Waals surface area contributed by atoms with Gasteiger partial charge in [-0.05, 0) is 52.1 Å². The first-order chi connectivity index (χ1) is 14.3. The van der Waals surface area contributed by atoms with E-state index in [0.29, 0.717) is 22.6 Å². The zero-order valence-electron chi connectivity index (χ0n) is 17.8. The van der Waals surface area contributed by atoms with E-state index >= 15 is 0 Å². The minimum absolute atomic E-state index is 0.121. The molecule has 2 aliphatic heterocycles. The summed E-state index contributed by atoms with van der Waals surface area (Å²) in [5, 5.41) is 12.0. The second-order valence-electron chi connectivity index (χ2n) is 8.02. The van der Waals surface area contributed by atoms with E-state index in [4.69, 9.17) is 5.41 Å². The van der Waals surface area contributed by atoms with Crippen LogP contribution in [0.4, 0.5) is 5.69 Å². The maximum Gasteiger partial charge on any atom is 0.259 e. The largest absolute Gasteiger partial charge is 0.366 e. The van der Waals surface area contributed by atoms with Gasteiger partial charge in [-0.2, -0.15) is 0 Å². The minimum Gasteiger partial charge on any atom is -0.366 e. The van der Waals surface area contributed by atoms with Gasteiger partial charge in [-0.1, -0.05) is 0 Å². The van der Waals surface area contributed by atoms with Crippen LogP contribution in [0.5, 0.6) is 0 Å². The molecule has 3 heterocycles. The van der Waals surface area contributed by atoms with Gasteiger partial charge in [-0.3, -0.25) is 15.2 Å². The highest BCUT2D eigenvalue weighted by molar-refractivity contribution is 6.11. The third-order valence-corrected chi connectivity index (χ3v) is 5.57. The van der Waals surface area contributed by atoms with E-state index in [2.05, 4.69) is 44.0 Å². The zero-order valence-corrected chi connectivity index (χ0v) is 17.8. The van der Waals surface area contributed by atoms with Crippen molar-refractivity contribution in [1.29, 1.82) is 5.41 Å². The standard InChI is InChI=1S/C22H27N7O/c1-13-11-24-20(15(3)25-13)10-18(23)21-26-19-6-5-16(9-17(19)22(30)27-21)29-8-7-28(4)12-14(29)2/h5-6,9-11,14,23-24H,7-8,12H2,1-4H3,(H,26,27,30)/b20-10-,23-18?. The third kappa shape index (κ3) is 3.91. The summed E-state index contributed by atoms with van der Waals surface area (Å²) in [5.74, 6) is 0.238. The van der Waals surface area contributed by atoms with E-state index in [0.717, 1.165) is 36.7 Å². The van der Waals surface area contributed by atoms with Crippen molar-refractivity contribution < 1.29 is 0 Å². The average molecular weight is 406 g/mol. The smallest absolute Gasteiger partial charge is 0.259 e. The van der Waals surface area contributed by atoms with E-state index in [9.17, 15) is 4.79 Å². The number of fused-ring (bicyclic) bond motifs is 1. The second-order valence-corrected chi connectivity index (χ2v) is 8.02. The number of aromatic nitrogens is 2. The normalized spacial score (nSPS) is 21.4. The van der Waals surface area contributed by atoms with Crippen LogP contribution in [-0.2, 0) is 0 Å². The molecule has 30 heavy (non-hydrogen) atoms. The van der Waals surface area contributed by atoms with Gasteiger partial charge in [0.15, 0.2) is 5.82 Å². The van der Waals surface area contributed by atoms with Crippen molar-refractivity contribution in [3.05, 3.63) is 58.0 Å². The lowest BCUT2D eigenvalue weighted by Crippen LogP contribution is -2.50. The lowest BCUT2D eigenvalue weighted by atomic mass is 10.1. The Morgan fingerprint density at radius 1 is 1.30 bits per heavy atom. The van der Waals surface area contributed by atoms with Gasteiger partial charge >= 0.3 is 0 Å². The Hall–Kier alpha value is -3.26. The summed E-state index contributed by atoms with van der Waals surface area (Å²) in [4.78, 5) is 29.1. The van der Waals surface area contributed by atoms with Gasteiger partial charge in [0, 0.05) is 37.6 Å². The molecular weight excluding hydrogens is 378 g/mol. The molecule has 1 fully saturated rings. The summed E-state index contributed by atoms with van der Waals surface area (Å²) in [7, 11) is 2.13. The number of allylic oxidation sites excluding steroid dienone is 3. The number of nitrogens with one attached hydrogen (secondary N) is 3. The van der Waals surface area contributed by atoms with Gasteiger partial charge in [0.05, 0.1) is 33.7 Å². The number of likely N-dealkylation sites (N-methyl/N-ethyl adjacent to an activating group) is 1. The lowest BCUT2D eigenvalue weighted by molar-refractivity contribution is 0.275. The summed E-state index contributed by atoms with van der Waals surface area (Å²) in [6.45, 7) is 8.88. The maximum absolute atomic E-state index is 12.8. The Balaban J connectivity index is 1.64. The first-order valence-electron chi connectivity index (χ1n) is 10.1. The van der Waals surface area contributed by atoms with Crippen LogP contribution in [0.25, 0.3) is 10.9 Å². The molecule has 3 N–H and O–H groups in total. The molecule has 1 aromatic heterocycles. The predicted octanol–water partition coefficient (Wildman–Crippen LogP) is 2.24. The number of aromatic amines is 1. The van der Waals surface area contributed by atoms with Gasteiger partial charge < -0.3 is 20.1 Å². The SMILES string of the molecule is CC1=CN/C(=C\C(=N)c2nc3ccc(N4CCN(C)CC4C)cc3c(=O)[nH]2)C(C)=N1. The quantitative estimate of drug-likeness (QED) is 0.680. The van der Waals surface area contributed by atoms with E-state index in [1.165, 1.54) is 0 Å². The minimum atomic E-state index is -0.237. The van der Waals surface area contributed by atoms with Gasteiger partial charge in [-0.25, -0.2) is 4.98 Å². The van der Waals surface area contributed by atoms with Gasteiger partial charge in [0.2, 0.25) is 0 Å². The number of benzene rings is 1. The Morgan fingerprint density at radius 2 is 2.10 bits per heavy atom. The predicted molar refractivity (Wildman–Crippen MR) is 122 cm³/mol. The fourth-order valence-electron chi connectivity index (χ4n) is 3.96. The molecule has 0 radical (unpaired) electrons. The lowest BCUT2D eigenvalue weighted by Gasteiger charge is -2.39. The molecule has 1 saturated heterocycles. The van der Waals surface area contributed by atoms with Crippen molar-refractivity contribution in [1.82, 2.24) is 20.2 Å². The Labute approximate surface area is 175 Å². The number of aliphatic imine (C=N–C) groups is 1. The Morgan fingerprint density at radius 3 is 2.83 bits per heavy atom. The molecule has 1 aromatic carbocycles. The fourth-order valence-corrected chi connectivity index (χ4v) is 3.96. The first-order valence-corrected chi connectivity index (χ1v) is 10.1. The average Bonchev–Trinajstić information content (AvgIpc) is 2.70. The highest BCUT2D eigenvalue weighted by atomic mass is 16.1. The molecule has 2 aliphatic rings. The van der Waals surface area contributed by atoms with E-state index < -0.39 is 0 Å². The number of hydrogen-bond acceptors (Lipinski definition) is 7. The van der Waals surface area contributed by atoms with Crippen LogP contribution in [0.3, 0.4) is 0 Å². The molecule has 156 valence electrons. The van der Waals surface area contributed by atoms with Gasteiger partial charge in [0.1, 0.15) is 0 Å². The third-order valence-electron chi connectivity index (χ3n) is 5.57. The van der Waals surface area contributed by atoms with E-state index in [-0.39, 0.29) is 17.1 Å². The summed E-state index contributed by atoms with van der Waals surface area (Å²) < 4.78 is 0. The number of hydrogen-bond donors (Lipinski definition) is 3. The fraction of sp³-hybridized carbons (Fsp3) is 0.364. The van der Waals surface area contributed by atoms with Gasteiger partial charge in [-0.15, -0.1) is 0 Å². The van der Waals surface area contributed by atoms with Crippen molar-refractivity contribution in [2.24, 2.45) is 4.99 Å². The van der Waals surface area contributed by atoms with Crippen molar-refractivity contribution in [3.8, 4) is 0 Å². The monoisotopic (exact) mass is 405 g/mol. The van der Waals surface area contributed by atoms with Crippen LogP contribution in [0.15, 0.2) is 51.7 Å². The Kier molecular flexibility index (Phi) is 5.26. The molecule has 0 saturated carbocycles. The Bertz CT molecular complexity index is 1160. The molecule has 0 spiro atoms. The highest BCUT2D eigenvalue weighted by Crippen LogP contribution is 2.23. The number of rotatable bonds is 3. The molecule has 4 rings (SSSR count). The van der Waals surface area contributed by atoms with E-state index in [1.807, 2.05) is 32.0 Å². The molecule has 8 nitrogen and oxygen atoms in total. The number of H-pyrrole nitrogens is 1. The first kappa shape index (κ1) is 20.0. The van der Waals surface area contributed by atoms with Crippen molar-refractivity contribution in [2.45, 2.75) is 26.8 Å². The summed E-state index contributed by atoms with van der Waals surface area (Å²) >= 11 is 0. The molecule has 0 bridgehead atoms. The van der Waals surface area contributed by atoms with Crippen LogP contribution in [0.1, 0.15) is 26.6 Å². The topological polar surface area (TPSA) is 100 Å². The van der Waals surface area contributed by atoms with Crippen LogP contribution < -0.4 is 15.8 Å². The second kappa shape index (κ2) is 7.87. The number of anilines is 1. The van der Waals surface area contributed by atoms with Crippen molar-refractivity contribution >= 4 is 28.0 Å². The molecule has 1 unspecified atom stereocenters. The molecular formula is C22H27N7O. The van der Waals surface area contributed by atoms with Crippen LogP contribution in [-0.4, -0.2) is 59.0 Å².